The summed E-state index contributed by atoms with van der Waals surface area (Å²) in [5.41, 5.74) is 8.40. The summed E-state index contributed by atoms with van der Waals surface area (Å²) in [6.07, 6.45) is 3.95. The van der Waals surface area contributed by atoms with Crippen LogP contribution in [0.25, 0.3) is 0 Å². The van der Waals surface area contributed by atoms with Gasteiger partial charge in [0.15, 0.2) is 0 Å². The van der Waals surface area contributed by atoms with Gasteiger partial charge in [-0.15, -0.1) is 0 Å². The maximum absolute atomic E-state index is 6.04. The minimum atomic E-state index is 0.211. The number of nitrogens with two attached hydrogens (primary N) is 1. The summed E-state index contributed by atoms with van der Waals surface area (Å²) in [6, 6.07) is 10.1. The molecule has 0 saturated heterocycles. The summed E-state index contributed by atoms with van der Waals surface area (Å²) >= 11 is 12.0. The van der Waals surface area contributed by atoms with Crippen molar-refractivity contribution in [3.63, 3.8) is 0 Å². The maximum atomic E-state index is 6.04. The second-order valence-electron chi connectivity index (χ2n) is 4.75. The summed E-state index contributed by atoms with van der Waals surface area (Å²) < 4.78 is 2.20. The molecule has 102 valence electrons. The molecule has 0 fully saturated rings. The van der Waals surface area contributed by atoms with E-state index >= 15 is 0 Å². The van der Waals surface area contributed by atoms with Gasteiger partial charge in [0.1, 0.15) is 0 Å². The standard InChI is InChI=1S/C15H18Cl2N2/c1-2-12(18)9-13-4-3-7-19(13)10-11-5-6-14(16)15(17)8-11/h3-8,12H,2,9-10,18H2,1H3. The Hall–Kier alpha value is -0.960. The molecule has 1 aromatic carbocycles. The first kappa shape index (κ1) is 14.4. The van der Waals surface area contributed by atoms with Crippen molar-refractivity contribution >= 4 is 23.2 Å². The minimum Gasteiger partial charge on any atom is -0.347 e. The molecule has 1 unspecified atom stereocenters. The average molecular weight is 297 g/mol. The molecule has 2 aromatic rings. The van der Waals surface area contributed by atoms with Gasteiger partial charge >= 0.3 is 0 Å². The van der Waals surface area contributed by atoms with Gasteiger partial charge in [0.05, 0.1) is 10.0 Å². The van der Waals surface area contributed by atoms with Crippen LogP contribution in [0, 0.1) is 0 Å². The third-order valence-corrected chi connectivity index (χ3v) is 4.00. The molecule has 0 aliphatic heterocycles. The summed E-state index contributed by atoms with van der Waals surface area (Å²) in [5.74, 6) is 0. The molecule has 2 N–H and O–H groups in total. The first-order chi connectivity index (χ1) is 9.10. The maximum Gasteiger partial charge on any atom is 0.0595 e. The van der Waals surface area contributed by atoms with Gasteiger partial charge in [-0.3, -0.25) is 0 Å². The third-order valence-electron chi connectivity index (χ3n) is 3.26. The van der Waals surface area contributed by atoms with Crippen LogP contribution in [0.4, 0.5) is 0 Å². The molecule has 1 heterocycles. The van der Waals surface area contributed by atoms with Crippen molar-refractivity contribution in [3.8, 4) is 0 Å². The molecule has 0 amide bonds. The van der Waals surface area contributed by atoms with Crippen molar-refractivity contribution in [3.05, 3.63) is 57.8 Å². The van der Waals surface area contributed by atoms with E-state index in [0.717, 1.165) is 24.9 Å². The van der Waals surface area contributed by atoms with Crippen molar-refractivity contribution < 1.29 is 0 Å². The molecule has 0 spiro atoms. The Morgan fingerprint density at radius 1 is 1.21 bits per heavy atom. The van der Waals surface area contributed by atoms with Crippen LogP contribution in [-0.2, 0) is 13.0 Å². The molecule has 0 aliphatic carbocycles. The van der Waals surface area contributed by atoms with Gasteiger partial charge in [0, 0.05) is 30.9 Å². The van der Waals surface area contributed by atoms with Crippen LogP contribution in [-0.4, -0.2) is 10.6 Å². The molecular weight excluding hydrogens is 279 g/mol. The molecule has 0 saturated carbocycles. The van der Waals surface area contributed by atoms with Gasteiger partial charge in [-0.25, -0.2) is 0 Å². The van der Waals surface area contributed by atoms with E-state index in [0.29, 0.717) is 10.0 Å². The largest absolute Gasteiger partial charge is 0.347 e. The molecule has 19 heavy (non-hydrogen) atoms. The quantitative estimate of drug-likeness (QED) is 0.884. The number of halogens is 2. The molecule has 1 atom stereocenters. The van der Waals surface area contributed by atoms with Gasteiger partial charge in [-0.2, -0.15) is 0 Å². The fourth-order valence-corrected chi connectivity index (χ4v) is 2.36. The van der Waals surface area contributed by atoms with E-state index in [1.54, 1.807) is 0 Å². The van der Waals surface area contributed by atoms with Gasteiger partial charge in [0.25, 0.3) is 0 Å². The first-order valence-electron chi connectivity index (χ1n) is 6.43. The minimum absolute atomic E-state index is 0.211. The van der Waals surface area contributed by atoms with Crippen molar-refractivity contribution in [2.24, 2.45) is 5.73 Å². The Labute approximate surface area is 124 Å². The second kappa shape index (κ2) is 6.47. The zero-order valence-electron chi connectivity index (χ0n) is 10.9. The lowest BCUT2D eigenvalue weighted by atomic mass is 10.1. The highest BCUT2D eigenvalue weighted by molar-refractivity contribution is 6.42. The smallest absolute Gasteiger partial charge is 0.0595 e. The number of hydrogen-bond donors (Lipinski definition) is 1. The van der Waals surface area contributed by atoms with E-state index in [1.165, 1.54) is 5.69 Å². The fourth-order valence-electron chi connectivity index (χ4n) is 2.04. The Morgan fingerprint density at radius 2 is 2.00 bits per heavy atom. The van der Waals surface area contributed by atoms with Crippen LogP contribution in [0.3, 0.4) is 0 Å². The molecule has 2 nitrogen and oxygen atoms in total. The first-order valence-corrected chi connectivity index (χ1v) is 7.19. The Balaban J connectivity index is 2.14. The van der Waals surface area contributed by atoms with Crippen LogP contribution < -0.4 is 5.73 Å². The van der Waals surface area contributed by atoms with Crippen LogP contribution in [0.5, 0.6) is 0 Å². The summed E-state index contributed by atoms with van der Waals surface area (Å²) in [6.45, 7) is 2.90. The molecule has 1 aromatic heterocycles. The molecule has 2 rings (SSSR count). The van der Waals surface area contributed by atoms with E-state index in [4.69, 9.17) is 28.9 Å². The summed E-state index contributed by atoms with van der Waals surface area (Å²) in [7, 11) is 0. The molecule has 0 radical (unpaired) electrons. The number of benzene rings is 1. The highest BCUT2D eigenvalue weighted by atomic mass is 35.5. The number of rotatable bonds is 5. The summed E-state index contributed by atoms with van der Waals surface area (Å²) in [5, 5.41) is 1.18. The lowest BCUT2D eigenvalue weighted by molar-refractivity contribution is 0.610. The van der Waals surface area contributed by atoms with Crippen LogP contribution >= 0.6 is 23.2 Å². The van der Waals surface area contributed by atoms with Crippen molar-refractivity contribution in [1.29, 1.82) is 0 Å². The van der Waals surface area contributed by atoms with E-state index in [-0.39, 0.29) is 6.04 Å². The lowest BCUT2D eigenvalue weighted by Crippen LogP contribution is -2.23. The zero-order chi connectivity index (χ0) is 13.8. The number of aromatic nitrogens is 1. The van der Waals surface area contributed by atoms with Gasteiger partial charge in [0.2, 0.25) is 0 Å². The monoisotopic (exact) mass is 296 g/mol. The highest BCUT2D eigenvalue weighted by Gasteiger charge is 2.07. The van der Waals surface area contributed by atoms with Crippen molar-refractivity contribution in [1.82, 2.24) is 4.57 Å². The van der Waals surface area contributed by atoms with Gasteiger partial charge in [-0.1, -0.05) is 36.2 Å². The van der Waals surface area contributed by atoms with Crippen LogP contribution in [0.2, 0.25) is 10.0 Å². The normalized spacial score (nSPS) is 12.6. The van der Waals surface area contributed by atoms with E-state index < -0.39 is 0 Å². The second-order valence-corrected chi connectivity index (χ2v) is 5.56. The third kappa shape index (κ3) is 3.75. The van der Waals surface area contributed by atoms with E-state index in [9.17, 15) is 0 Å². The number of hydrogen-bond acceptors (Lipinski definition) is 1. The van der Waals surface area contributed by atoms with Crippen molar-refractivity contribution in [2.45, 2.75) is 32.4 Å². The van der Waals surface area contributed by atoms with Crippen molar-refractivity contribution in [2.75, 3.05) is 0 Å². The van der Waals surface area contributed by atoms with Gasteiger partial charge < -0.3 is 10.3 Å². The summed E-state index contributed by atoms with van der Waals surface area (Å²) in [4.78, 5) is 0. The molecule has 0 bridgehead atoms. The predicted octanol–water partition coefficient (Wildman–Crippen LogP) is 4.12. The molecule has 0 aliphatic rings. The molecule has 4 heteroatoms. The SMILES string of the molecule is CCC(N)Cc1cccn1Cc1ccc(Cl)c(Cl)c1. The van der Waals surface area contributed by atoms with Gasteiger partial charge in [-0.05, 0) is 36.2 Å². The Morgan fingerprint density at radius 3 is 2.68 bits per heavy atom. The number of nitrogens with zero attached hydrogens (tertiary/aromatic N) is 1. The molecular formula is C15H18Cl2N2. The highest BCUT2D eigenvalue weighted by Crippen LogP contribution is 2.23. The van der Waals surface area contributed by atoms with E-state index in [2.05, 4.69) is 29.8 Å². The predicted molar refractivity (Wildman–Crippen MR) is 82.0 cm³/mol. The van der Waals surface area contributed by atoms with Crippen LogP contribution in [0.1, 0.15) is 24.6 Å². The fraction of sp³-hybridized carbons (Fsp3) is 0.333. The Bertz CT molecular complexity index is 549. The van der Waals surface area contributed by atoms with Crippen LogP contribution in [0.15, 0.2) is 36.5 Å². The topological polar surface area (TPSA) is 30.9 Å². The van der Waals surface area contributed by atoms with E-state index in [1.807, 2.05) is 18.2 Å². The Kier molecular flexibility index (Phi) is 4.92. The lowest BCUT2D eigenvalue weighted by Gasteiger charge is -2.13. The average Bonchev–Trinajstić information content (AvgIpc) is 2.81. The zero-order valence-corrected chi connectivity index (χ0v) is 12.5.